The minimum absolute atomic E-state index is 0.551. The maximum absolute atomic E-state index is 5.59. The number of benzene rings is 2. The Kier molecular flexibility index (Phi) is 2.56. The standard InChI is InChI=1S/C17H17NO/c1-2-4-13(5-3-1)14-6-7-17-15(10-14)11-16-12-19-9-8-18(16)17/h1-7,10,16H,8-9,11-12H2. The molecule has 96 valence electrons. The van der Waals surface area contributed by atoms with Crippen LogP contribution in [0.1, 0.15) is 5.56 Å². The molecule has 1 fully saturated rings. The van der Waals surface area contributed by atoms with Gasteiger partial charge in [0, 0.05) is 12.2 Å². The third-order valence-electron chi connectivity index (χ3n) is 4.18. The summed E-state index contributed by atoms with van der Waals surface area (Å²) in [5.74, 6) is 0. The van der Waals surface area contributed by atoms with Crippen molar-refractivity contribution in [2.24, 2.45) is 0 Å². The number of anilines is 1. The van der Waals surface area contributed by atoms with E-state index in [1.807, 2.05) is 0 Å². The van der Waals surface area contributed by atoms with Crippen LogP contribution in [-0.4, -0.2) is 25.8 Å². The summed E-state index contributed by atoms with van der Waals surface area (Å²) in [5, 5.41) is 0. The minimum atomic E-state index is 0.551. The summed E-state index contributed by atoms with van der Waals surface area (Å²) in [5.41, 5.74) is 5.50. The molecular formula is C17H17NO. The Balaban J connectivity index is 1.73. The van der Waals surface area contributed by atoms with Crippen molar-refractivity contribution in [2.75, 3.05) is 24.7 Å². The first-order chi connectivity index (χ1) is 9.42. The molecule has 1 atom stereocenters. The van der Waals surface area contributed by atoms with E-state index in [0.717, 1.165) is 26.2 Å². The predicted molar refractivity (Wildman–Crippen MR) is 77.5 cm³/mol. The van der Waals surface area contributed by atoms with Gasteiger partial charge in [0.1, 0.15) is 0 Å². The fourth-order valence-corrected chi connectivity index (χ4v) is 3.23. The van der Waals surface area contributed by atoms with Gasteiger partial charge in [-0.25, -0.2) is 0 Å². The van der Waals surface area contributed by atoms with E-state index in [9.17, 15) is 0 Å². The molecule has 2 heteroatoms. The Labute approximate surface area is 113 Å². The van der Waals surface area contributed by atoms with E-state index < -0.39 is 0 Å². The molecule has 2 aliphatic rings. The Morgan fingerprint density at radius 1 is 1.00 bits per heavy atom. The smallest absolute Gasteiger partial charge is 0.0674 e. The summed E-state index contributed by atoms with van der Waals surface area (Å²) in [7, 11) is 0. The summed E-state index contributed by atoms with van der Waals surface area (Å²) in [6, 6.07) is 18.0. The van der Waals surface area contributed by atoms with Gasteiger partial charge in [-0.3, -0.25) is 0 Å². The quantitative estimate of drug-likeness (QED) is 0.772. The van der Waals surface area contributed by atoms with Crippen LogP contribution in [0.3, 0.4) is 0 Å². The second kappa shape index (κ2) is 4.39. The normalized spacial score (nSPS) is 21.1. The van der Waals surface area contributed by atoms with Crippen molar-refractivity contribution >= 4 is 5.69 Å². The molecule has 0 N–H and O–H groups in total. The average Bonchev–Trinajstić information content (AvgIpc) is 2.86. The molecule has 2 aromatic rings. The Hall–Kier alpha value is -1.80. The molecule has 0 aliphatic carbocycles. The number of nitrogens with zero attached hydrogens (tertiary/aromatic N) is 1. The summed E-state index contributed by atoms with van der Waals surface area (Å²) in [6.07, 6.45) is 1.12. The molecule has 1 unspecified atom stereocenters. The number of morpholine rings is 1. The van der Waals surface area contributed by atoms with Crippen molar-refractivity contribution in [1.82, 2.24) is 0 Å². The van der Waals surface area contributed by atoms with Crippen LogP contribution in [0.2, 0.25) is 0 Å². The summed E-state index contributed by atoms with van der Waals surface area (Å²) < 4.78 is 5.59. The van der Waals surface area contributed by atoms with Gasteiger partial charge in [0.15, 0.2) is 0 Å². The van der Waals surface area contributed by atoms with Crippen molar-refractivity contribution in [3.05, 3.63) is 54.1 Å². The lowest BCUT2D eigenvalue weighted by Crippen LogP contribution is -2.43. The second-order valence-corrected chi connectivity index (χ2v) is 5.34. The molecule has 4 rings (SSSR count). The molecule has 2 aliphatic heterocycles. The zero-order valence-corrected chi connectivity index (χ0v) is 10.9. The van der Waals surface area contributed by atoms with Crippen LogP contribution in [0.15, 0.2) is 48.5 Å². The molecule has 19 heavy (non-hydrogen) atoms. The van der Waals surface area contributed by atoms with Gasteiger partial charge in [-0.15, -0.1) is 0 Å². The molecule has 2 nitrogen and oxygen atoms in total. The summed E-state index contributed by atoms with van der Waals surface area (Å²) in [6.45, 7) is 2.76. The van der Waals surface area contributed by atoms with Crippen LogP contribution in [0.5, 0.6) is 0 Å². The van der Waals surface area contributed by atoms with Crippen molar-refractivity contribution in [3.63, 3.8) is 0 Å². The van der Waals surface area contributed by atoms with Gasteiger partial charge in [0.25, 0.3) is 0 Å². The number of ether oxygens (including phenoxy) is 1. The first kappa shape index (κ1) is 11.1. The van der Waals surface area contributed by atoms with E-state index in [4.69, 9.17) is 4.74 Å². The lowest BCUT2D eigenvalue weighted by Gasteiger charge is -2.31. The van der Waals surface area contributed by atoms with Crippen LogP contribution < -0.4 is 4.90 Å². The van der Waals surface area contributed by atoms with Crippen LogP contribution in [0, 0.1) is 0 Å². The van der Waals surface area contributed by atoms with Crippen LogP contribution in [0.4, 0.5) is 5.69 Å². The van der Waals surface area contributed by atoms with Gasteiger partial charge in [0.2, 0.25) is 0 Å². The van der Waals surface area contributed by atoms with E-state index in [1.54, 1.807) is 0 Å². The average molecular weight is 251 g/mol. The molecule has 0 saturated carbocycles. The molecule has 1 saturated heterocycles. The third kappa shape index (κ3) is 1.83. The first-order valence-electron chi connectivity index (χ1n) is 6.94. The number of rotatable bonds is 1. The van der Waals surface area contributed by atoms with Crippen molar-refractivity contribution in [1.29, 1.82) is 0 Å². The highest BCUT2D eigenvalue weighted by Gasteiger charge is 2.31. The molecule has 2 heterocycles. The van der Waals surface area contributed by atoms with Gasteiger partial charge in [-0.1, -0.05) is 36.4 Å². The molecule has 0 radical (unpaired) electrons. The Morgan fingerprint density at radius 2 is 1.89 bits per heavy atom. The zero-order valence-electron chi connectivity index (χ0n) is 10.9. The highest BCUT2D eigenvalue weighted by Crippen LogP contribution is 2.36. The van der Waals surface area contributed by atoms with Crippen molar-refractivity contribution in [2.45, 2.75) is 12.5 Å². The topological polar surface area (TPSA) is 12.5 Å². The van der Waals surface area contributed by atoms with Gasteiger partial charge in [-0.2, -0.15) is 0 Å². The van der Waals surface area contributed by atoms with E-state index in [0.29, 0.717) is 6.04 Å². The van der Waals surface area contributed by atoms with Gasteiger partial charge in [-0.05, 0) is 35.2 Å². The van der Waals surface area contributed by atoms with Crippen LogP contribution in [0.25, 0.3) is 11.1 Å². The van der Waals surface area contributed by atoms with E-state index in [-0.39, 0.29) is 0 Å². The van der Waals surface area contributed by atoms with Crippen molar-refractivity contribution < 1.29 is 4.74 Å². The van der Waals surface area contributed by atoms with Gasteiger partial charge < -0.3 is 9.64 Å². The van der Waals surface area contributed by atoms with Crippen molar-refractivity contribution in [3.8, 4) is 11.1 Å². The van der Waals surface area contributed by atoms with Crippen LogP contribution >= 0.6 is 0 Å². The first-order valence-corrected chi connectivity index (χ1v) is 6.94. The fraction of sp³-hybridized carbons (Fsp3) is 0.294. The highest BCUT2D eigenvalue weighted by atomic mass is 16.5. The molecule has 2 aromatic carbocycles. The zero-order chi connectivity index (χ0) is 12.7. The van der Waals surface area contributed by atoms with E-state index in [2.05, 4.69) is 53.4 Å². The Bertz CT molecular complexity index is 593. The van der Waals surface area contributed by atoms with E-state index in [1.165, 1.54) is 22.4 Å². The molecule has 0 amide bonds. The number of fused-ring (bicyclic) bond motifs is 3. The minimum Gasteiger partial charge on any atom is -0.377 e. The highest BCUT2D eigenvalue weighted by molar-refractivity contribution is 5.71. The maximum atomic E-state index is 5.59. The molecule has 0 spiro atoms. The molecular weight excluding hydrogens is 234 g/mol. The van der Waals surface area contributed by atoms with Gasteiger partial charge in [0.05, 0.1) is 19.3 Å². The fourth-order valence-electron chi connectivity index (χ4n) is 3.23. The number of hydrogen-bond acceptors (Lipinski definition) is 2. The second-order valence-electron chi connectivity index (χ2n) is 5.34. The summed E-state index contributed by atoms with van der Waals surface area (Å²) >= 11 is 0. The predicted octanol–water partition coefficient (Wildman–Crippen LogP) is 3.11. The largest absolute Gasteiger partial charge is 0.377 e. The lowest BCUT2D eigenvalue weighted by molar-refractivity contribution is 0.0976. The van der Waals surface area contributed by atoms with Crippen LogP contribution in [-0.2, 0) is 11.2 Å². The molecule has 0 aromatic heterocycles. The lowest BCUT2D eigenvalue weighted by atomic mass is 10.0. The third-order valence-corrected chi connectivity index (χ3v) is 4.18. The molecule has 0 bridgehead atoms. The SMILES string of the molecule is c1ccc(-c2ccc3c(c2)CC2COCCN32)cc1. The number of hydrogen-bond donors (Lipinski definition) is 0. The maximum Gasteiger partial charge on any atom is 0.0674 e. The monoisotopic (exact) mass is 251 g/mol. The summed E-state index contributed by atoms with van der Waals surface area (Å²) in [4.78, 5) is 2.51. The Morgan fingerprint density at radius 3 is 2.79 bits per heavy atom. The van der Waals surface area contributed by atoms with E-state index >= 15 is 0 Å². The van der Waals surface area contributed by atoms with Gasteiger partial charge >= 0.3 is 0 Å².